The van der Waals surface area contributed by atoms with Crippen LogP contribution in [0.2, 0.25) is 0 Å². The van der Waals surface area contributed by atoms with Crippen molar-refractivity contribution in [2.24, 2.45) is 10.7 Å². The van der Waals surface area contributed by atoms with E-state index in [2.05, 4.69) is 20.6 Å². The van der Waals surface area contributed by atoms with Gasteiger partial charge in [-0.1, -0.05) is 0 Å². The normalized spacial score (nSPS) is 11.9. The van der Waals surface area contributed by atoms with E-state index in [-0.39, 0.29) is 23.0 Å². The first kappa shape index (κ1) is 24.4. The number of pyridine rings is 1. The molecule has 0 saturated heterocycles. The van der Waals surface area contributed by atoms with Crippen molar-refractivity contribution in [2.45, 2.75) is 33.3 Å². The number of carbonyl (C=O) groups is 2. The molecule has 9 heteroatoms. The Balaban J connectivity index is 2.45. The van der Waals surface area contributed by atoms with Crippen LogP contribution >= 0.6 is 0 Å². The largest absolute Gasteiger partial charge is 0.488 e. The summed E-state index contributed by atoms with van der Waals surface area (Å²) in [6.07, 6.45) is 4.48. The molecule has 0 spiro atoms. The van der Waals surface area contributed by atoms with E-state index in [0.29, 0.717) is 22.8 Å². The van der Waals surface area contributed by atoms with Gasteiger partial charge in [0.05, 0.1) is 6.20 Å². The molecule has 0 fully saturated rings. The number of carbonyl (C=O) groups excluding carboxylic acids is 2. The molecule has 1 aromatic carbocycles. The molecule has 32 heavy (non-hydrogen) atoms. The molecular weight excluding hydrogens is 410 g/mol. The van der Waals surface area contributed by atoms with Crippen LogP contribution in [-0.4, -0.2) is 42.3 Å². The van der Waals surface area contributed by atoms with Crippen LogP contribution in [0, 0.1) is 6.92 Å². The Hall–Kier alpha value is -3.88. The van der Waals surface area contributed by atoms with Crippen LogP contribution in [-0.2, 0) is 0 Å². The van der Waals surface area contributed by atoms with Crippen molar-refractivity contribution in [1.29, 1.82) is 0 Å². The second kappa shape index (κ2) is 10.4. The van der Waals surface area contributed by atoms with Crippen LogP contribution in [0.3, 0.4) is 0 Å². The van der Waals surface area contributed by atoms with Crippen LogP contribution in [0.5, 0.6) is 17.2 Å². The summed E-state index contributed by atoms with van der Waals surface area (Å²) in [6, 6.07) is 6.35. The number of ether oxygens (including phenoxy) is 2. The maximum Gasteiger partial charge on any atom is 0.279 e. The predicted molar refractivity (Wildman–Crippen MR) is 123 cm³/mol. The monoisotopic (exact) mass is 439 g/mol. The van der Waals surface area contributed by atoms with Crippen molar-refractivity contribution in [2.75, 3.05) is 14.1 Å². The van der Waals surface area contributed by atoms with Crippen LogP contribution in [0.4, 0.5) is 0 Å². The lowest BCUT2D eigenvalue weighted by Crippen LogP contribution is -2.23. The number of amidine groups is 1. The highest BCUT2D eigenvalue weighted by Gasteiger charge is 2.20. The van der Waals surface area contributed by atoms with E-state index in [1.54, 1.807) is 37.5 Å². The first-order valence-electron chi connectivity index (χ1n) is 9.96. The number of hydrogen-bond donors (Lipinski definition) is 3. The molecule has 9 nitrogen and oxygen atoms in total. The fourth-order valence-corrected chi connectivity index (χ4v) is 2.55. The fourth-order valence-electron chi connectivity index (χ4n) is 2.55. The first-order valence-corrected chi connectivity index (χ1v) is 9.96. The minimum Gasteiger partial charge on any atom is -0.488 e. The average molecular weight is 440 g/mol. The molecule has 2 rings (SSSR count). The summed E-state index contributed by atoms with van der Waals surface area (Å²) in [5.74, 6) is 0.479. The molecule has 1 heterocycles. The van der Waals surface area contributed by atoms with Gasteiger partial charge in [-0.15, -0.1) is 0 Å². The quantitative estimate of drug-likeness (QED) is 0.447. The van der Waals surface area contributed by atoms with Gasteiger partial charge < -0.3 is 25.8 Å². The Morgan fingerprint density at radius 1 is 1.16 bits per heavy atom. The molecule has 4 N–H and O–H groups in total. The Kier molecular flexibility index (Phi) is 7.95. The third-order valence-corrected chi connectivity index (χ3v) is 4.05. The van der Waals surface area contributed by atoms with E-state index >= 15 is 0 Å². The van der Waals surface area contributed by atoms with Crippen LogP contribution < -0.4 is 25.8 Å². The third-order valence-electron chi connectivity index (χ3n) is 4.05. The van der Waals surface area contributed by atoms with Gasteiger partial charge in [0, 0.05) is 25.2 Å². The van der Waals surface area contributed by atoms with Gasteiger partial charge in [0.1, 0.15) is 34.4 Å². The molecule has 2 amide bonds. The van der Waals surface area contributed by atoms with Crippen molar-refractivity contribution in [3.8, 4) is 17.2 Å². The van der Waals surface area contributed by atoms with Crippen molar-refractivity contribution < 1.29 is 19.1 Å². The van der Waals surface area contributed by atoms with Crippen molar-refractivity contribution in [3.05, 3.63) is 59.6 Å². The maximum absolute atomic E-state index is 12.7. The van der Waals surface area contributed by atoms with Gasteiger partial charge in [-0.25, -0.2) is 4.98 Å². The zero-order chi connectivity index (χ0) is 23.9. The molecule has 2 aromatic rings. The van der Waals surface area contributed by atoms with E-state index in [0.717, 1.165) is 0 Å². The number of aliphatic imine (C=N–C) groups is 1. The highest BCUT2D eigenvalue weighted by molar-refractivity contribution is 6.06. The molecule has 0 bridgehead atoms. The van der Waals surface area contributed by atoms with E-state index in [4.69, 9.17) is 15.2 Å². The number of amides is 2. The molecule has 0 aliphatic rings. The van der Waals surface area contributed by atoms with E-state index in [1.165, 1.54) is 19.3 Å². The molecule has 0 aliphatic carbocycles. The van der Waals surface area contributed by atoms with E-state index < -0.39 is 11.5 Å². The highest BCUT2D eigenvalue weighted by atomic mass is 16.5. The van der Waals surface area contributed by atoms with Crippen LogP contribution in [0.1, 0.15) is 47.2 Å². The van der Waals surface area contributed by atoms with E-state index in [9.17, 15) is 9.59 Å². The van der Waals surface area contributed by atoms with Gasteiger partial charge in [-0.05, 0) is 64.2 Å². The number of hydrogen-bond acceptors (Lipinski definition) is 6. The number of nitrogens with two attached hydrogens (primary N) is 1. The molecule has 1 aromatic heterocycles. The van der Waals surface area contributed by atoms with Gasteiger partial charge in [-0.3, -0.25) is 9.59 Å². The van der Waals surface area contributed by atoms with E-state index in [1.807, 2.05) is 27.7 Å². The first-order chi connectivity index (χ1) is 15.0. The standard InChI is InChI=1S/C23H29N5O4/c1-14-18(31-16-7-8-17(27-13-16)22(30)26-6)11-15(12-19(14)32-23(2,3)4)21(29)28-20(24)9-10-25-5/h7-13,25H,1-6H3,(H,26,30)(H2,24,28,29)/b10-9-. The minimum absolute atomic E-state index is 0.0553. The summed E-state index contributed by atoms with van der Waals surface area (Å²) in [7, 11) is 3.24. The summed E-state index contributed by atoms with van der Waals surface area (Å²) in [4.78, 5) is 32.4. The average Bonchev–Trinajstić information content (AvgIpc) is 2.73. The smallest absolute Gasteiger partial charge is 0.279 e. The zero-order valence-electron chi connectivity index (χ0n) is 19.1. The van der Waals surface area contributed by atoms with Crippen LogP contribution in [0.15, 0.2) is 47.7 Å². The van der Waals surface area contributed by atoms with Gasteiger partial charge in [0.25, 0.3) is 11.8 Å². The molecule has 0 atom stereocenters. The summed E-state index contributed by atoms with van der Waals surface area (Å²) < 4.78 is 12.0. The van der Waals surface area contributed by atoms with Crippen molar-refractivity contribution in [3.63, 3.8) is 0 Å². The van der Waals surface area contributed by atoms with Crippen LogP contribution in [0.25, 0.3) is 0 Å². The number of nitrogens with one attached hydrogen (secondary N) is 2. The molecule has 0 saturated carbocycles. The third kappa shape index (κ3) is 6.83. The topological polar surface area (TPSA) is 128 Å². The van der Waals surface area contributed by atoms with Crippen molar-refractivity contribution in [1.82, 2.24) is 15.6 Å². The molecule has 170 valence electrons. The zero-order valence-corrected chi connectivity index (χ0v) is 19.1. The number of benzene rings is 1. The summed E-state index contributed by atoms with van der Waals surface area (Å²) in [5.41, 5.74) is 6.48. The Bertz CT molecular complexity index is 1040. The Morgan fingerprint density at radius 3 is 2.41 bits per heavy atom. The molecular formula is C23H29N5O4. The van der Waals surface area contributed by atoms with Gasteiger partial charge >= 0.3 is 0 Å². The Labute approximate surface area is 187 Å². The lowest BCUT2D eigenvalue weighted by atomic mass is 10.1. The number of rotatable bonds is 7. The van der Waals surface area contributed by atoms with Gasteiger partial charge in [0.15, 0.2) is 0 Å². The Morgan fingerprint density at radius 2 is 1.84 bits per heavy atom. The van der Waals surface area contributed by atoms with Crippen molar-refractivity contribution >= 4 is 17.6 Å². The number of aromatic nitrogens is 1. The minimum atomic E-state index is -0.542. The second-order valence-corrected chi connectivity index (χ2v) is 7.84. The molecule has 0 radical (unpaired) electrons. The summed E-state index contributed by atoms with van der Waals surface area (Å²) >= 11 is 0. The fraction of sp³-hybridized carbons (Fsp3) is 0.304. The van der Waals surface area contributed by atoms with Gasteiger partial charge in [0.2, 0.25) is 0 Å². The molecule has 0 aliphatic heterocycles. The second-order valence-electron chi connectivity index (χ2n) is 7.84. The summed E-state index contributed by atoms with van der Waals surface area (Å²) in [5, 5.41) is 5.29. The maximum atomic E-state index is 12.7. The van der Waals surface area contributed by atoms with Gasteiger partial charge in [-0.2, -0.15) is 4.99 Å². The highest BCUT2D eigenvalue weighted by Crippen LogP contribution is 2.35. The molecule has 0 unspecified atom stereocenters. The predicted octanol–water partition coefficient (Wildman–Crippen LogP) is 2.95. The lowest BCUT2D eigenvalue weighted by molar-refractivity contribution is 0.0956. The SMILES string of the molecule is CN/C=C\C(N)=NC(=O)c1cc(Oc2ccc(C(=O)NC)nc2)c(C)c(OC(C)(C)C)c1. The lowest BCUT2D eigenvalue weighted by Gasteiger charge is -2.24. The summed E-state index contributed by atoms with van der Waals surface area (Å²) in [6.45, 7) is 7.54. The number of nitrogens with zero attached hydrogens (tertiary/aromatic N) is 2.